The van der Waals surface area contributed by atoms with Crippen molar-refractivity contribution in [2.24, 2.45) is 0 Å². The minimum absolute atomic E-state index is 0.194. The molecule has 0 aromatic heterocycles. The van der Waals surface area contributed by atoms with E-state index in [0.29, 0.717) is 17.5 Å². The average molecular weight is 286 g/mol. The van der Waals surface area contributed by atoms with Crippen LogP contribution in [0.5, 0.6) is 0 Å². The van der Waals surface area contributed by atoms with Gasteiger partial charge in [0.2, 0.25) is 0 Å². The maximum atomic E-state index is 11.4. The Hall–Kier alpha value is -0.390. The molecular weight excluding hydrogens is 260 g/mol. The first-order valence-corrected chi connectivity index (χ1v) is 9.09. The van der Waals surface area contributed by atoms with Crippen molar-refractivity contribution in [2.45, 2.75) is 45.2 Å². The first kappa shape index (κ1) is 15.0. The highest BCUT2D eigenvalue weighted by atomic mass is 32.2. The fraction of sp³-hybridized carbons (Fsp3) is 0.857. The third-order valence-electron chi connectivity index (χ3n) is 4.05. The summed E-state index contributed by atoms with van der Waals surface area (Å²) in [5, 5.41) is 3.54. The zero-order chi connectivity index (χ0) is 13.9. The van der Waals surface area contributed by atoms with E-state index in [1.807, 2.05) is 0 Å². The van der Waals surface area contributed by atoms with Gasteiger partial charge in [-0.05, 0) is 46.2 Å². The van der Waals surface area contributed by atoms with E-state index in [4.69, 9.17) is 0 Å². The van der Waals surface area contributed by atoms with Gasteiger partial charge in [-0.3, -0.25) is 4.90 Å². The van der Waals surface area contributed by atoms with Gasteiger partial charge in [0, 0.05) is 18.6 Å². The molecule has 0 radical (unpaired) electrons. The van der Waals surface area contributed by atoms with Crippen molar-refractivity contribution in [3.05, 3.63) is 11.6 Å². The summed E-state index contributed by atoms with van der Waals surface area (Å²) in [6.07, 6.45) is 5.33. The van der Waals surface area contributed by atoms with Crippen LogP contribution in [0, 0.1) is 0 Å². The number of likely N-dealkylation sites (tertiary alicyclic amines) is 1. The molecule has 5 heteroatoms. The number of piperidine rings is 1. The molecule has 2 saturated heterocycles. The van der Waals surface area contributed by atoms with Gasteiger partial charge in [0.25, 0.3) is 0 Å². The summed E-state index contributed by atoms with van der Waals surface area (Å²) in [6, 6.07) is 0.695. The van der Waals surface area contributed by atoms with Gasteiger partial charge in [0.05, 0.1) is 11.5 Å². The van der Waals surface area contributed by atoms with Crippen LogP contribution in [0.2, 0.25) is 0 Å². The minimum Gasteiger partial charge on any atom is -0.310 e. The van der Waals surface area contributed by atoms with Gasteiger partial charge in [0.1, 0.15) is 0 Å². The van der Waals surface area contributed by atoms with E-state index in [-0.39, 0.29) is 6.04 Å². The van der Waals surface area contributed by atoms with Gasteiger partial charge in [-0.15, -0.1) is 0 Å². The molecule has 2 aliphatic heterocycles. The molecule has 0 spiro atoms. The van der Waals surface area contributed by atoms with Crippen molar-refractivity contribution in [3.63, 3.8) is 0 Å². The van der Waals surface area contributed by atoms with Crippen LogP contribution < -0.4 is 5.32 Å². The predicted octanol–water partition coefficient (Wildman–Crippen LogP) is 1.19. The molecular formula is C14H26N2O2S. The molecule has 2 rings (SSSR count). The molecule has 1 unspecified atom stereocenters. The summed E-state index contributed by atoms with van der Waals surface area (Å²) in [5.74, 6) is 0.703. The highest BCUT2D eigenvalue weighted by Crippen LogP contribution is 2.16. The number of hydrogen-bond acceptors (Lipinski definition) is 4. The number of sulfone groups is 1. The first-order chi connectivity index (χ1) is 8.94. The molecule has 2 fully saturated rings. The zero-order valence-corrected chi connectivity index (χ0v) is 12.9. The number of hydrogen-bond donors (Lipinski definition) is 1. The number of allylic oxidation sites excluding steroid dienone is 1. The fourth-order valence-electron chi connectivity index (χ4n) is 2.85. The van der Waals surface area contributed by atoms with Gasteiger partial charge >= 0.3 is 0 Å². The zero-order valence-electron chi connectivity index (χ0n) is 12.1. The van der Waals surface area contributed by atoms with Crippen molar-refractivity contribution in [2.75, 3.05) is 31.1 Å². The molecule has 19 heavy (non-hydrogen) atoms. The Balaban J connectivity index is 1.71. The van der Waals surface area contributed by atoms with E-state index >= 15 is 0 Å². The SMILES string of the molecule is CC(C)=CCN1CCC(NC2CCS(=O)(=O)C2)CC1. The van der Waals surface area contributed by atoms with E-state index in [0.717, 1.165) is 38.9 Å². The van der Waals surface area contributed by atoms with Gasteiger partial charge in [-0.2, -0.15) is 0 Å². The summed E-state index contributed by atoms with van der Waals surface area (Å²) in [5.41, 5.74) is 1.37. The summed E-state index contributed by atoms with van der Waals surface area (Å²) in [4.78, 5) is 2.47. The summed E-state index contributed by atoms with van der Waals surface area (Å²) in [6.45, 7) is 7.54. The van der Waals surface area contributed by atoms with Crippen molar-refractivity contribution < 1.29 is 8.42 Å². The normalized spacial score (nSPS) is 28.4. The van der Waals surface area contributed by atoms with Crippen LogP contribution in [-0.4, -0.2) is 56.5 Å². The Bertz CT molecular complexity index is 419. The number of nitrogens with one attached hydrogen (secondary N) is 1. The summed E-state index contributed by atoms with van der Waals surface area (Å²) < 4.78 is 22.9. The molecule has 4 nitrogen and oxygen atoms in total. The second-order valence-corrected chi connectivity index (χ2v) is 8.35. The highest BCUT2D eigenvalue weighted by Gasteiger charge is 2.30. The van der Waals surface area contributed by atoms with Gasteiger partial charge < -0.3 is 5.32 Å². The lowest BCUT2D eigenvalue weighted by Crippen LogP contribution is -2.46. The van der Waals surface area contributed by atoms with Crippen LogP contribution in [0.15, 0.2) is 11.6 Å². The maximum Gasteiger partial charge on any atom is 0.151 e. The molecule has 110 valence electrons. The number of nitrogens with zero attached hydrogens (tertiary/aromatic N) is 1. The van der Waals surface area contributed by atoms with Crippen LogP contribution in [0.4, 0.5) is 0 Å². The molecule has 1 atom stereocenters. The molecule has 0 aromatic rings. The van der Waals surface area contributed by atoms with Crippen LogP contribution in [0.1, 0.15) is 33.1 Å². The topological polar surface area (TPSA) is 49.4 Å². The Morgan fingerprint density at radius 3 is 2.42 bits per heavy atom. The van der Waals surface area contributed by atoms with Crippen LogP contribution in [-0.2, 0) is 9.84 Å². The van der Waals surface area contributed by atoms with Crippen molar-refractivity contribution >= 4 is 9.84 Å². The quantitative estimate of drug-likeness (QED) is 0.789. The molecule has 0 amide bonds. The molecule has 0 aliphatic carbocycles. The Labute approximate surface area is 117 Å². The van der Waals surface area contributed by atoms with E-state index in [2.05, 4.69) is 30.1 Å². The third kappa shape index (κ3) is 4.89. The molecule has 1 N–H and O–H groups in total. The second-order valence-electron chi connectivity index (χ2n) is 6.12. The average Bonchev–Trinajstić information content (AvgIpc) is 2.68. The van der Waals surface area contributed by atoms with Crippen LogP contribution in [0.25, 0.3) is 0 Å². The maximum absolute atomic E-state index is 11.4. The predicted molar refractivity (Wildman–Crippen MR) is 79.1 cm³/mol. The largest absolute Gasteiger partial charge is 0.310 e. The lowest BCUT2D eigenvalue weighted by Gasteiger charge is -2.33. The molecule has 0 bridgehead atoms. The lowest BCUT2D eigenvalue weighted by atomic mass is 10.0. The van der Waals surface area contributed by atoms with Crippen molar-refractivity contribution in [1.82, 2.24) is 10.2 Å². The smallest absolute Gasteiger partial charge is 0.151 e. The van der Waals surface area contributed by atoms with Crippen molar-refractivity contribution in [3.8, 4) is 0 Å². The minimum atomic E-state index is -2.76. The summed E-state index contributed by atoms with van der Waals surface area (Å²) in [7, 11) is -2.76. The monoisotopic (exact) mass is 286 g/mol. The van der Waals surface area contributed by atoms with E-state index in [9.17, 15) is 8.42 Å². The summed E-state index contributed by atoms with van der Waals surface area (Å²) >= 11 is 0. The van der Waals surface area contributed by atoms with Gasteiger partial charge in [0.15, 0.2) is 9.84 Å². The molecule has 0 saturated carbocycles. The van der Waals surface area contributed by atoms with E-state index < -0.39 is 9.84 Å². The first-order valence-electron chi connectivity index (χ1n) is 7.27. The molecule has 2 aliphatic rings. The molecule has 0 aromatic carbocycles. The Morgan fingerprint density at radius 2 is 1.89 bits per heavy atom. The fourth-order valence-corrected chi connectivity index (χ4v) is 4.54. The third-order valence-corrected chi connectivity index (χ3v) is 5.82. The Morgan fingerprint density at radius 1 is 1.21 bits per heavy atom. The molecule has 2 heterocycles. The number of rotatable bonds is 4. The van der Waals surface area contributed by atoms with Crippen molar-refractivity contribution in [1.29, 1.82) is 0 Å². The van der Waals surface area contributed by atoms with Crippen LogP contribution in [0.3, 0.4) is 0 Å². The van der Waals surface area contributed by atoms with Gasteiger partial charge in [-0.25, -0.2) is 8.42 Å². The second kappa shape index (κ2) is 6.37. The van der Waals surface area contributed by atoms with E-state index in [1.54, 1.807) is 0 Å². The van der Waals surface area contributed by atoms with Gasteiger partial charge in [-0.1, -0.05) is 11.6 Å². The standard InChI is InChI=1S/C14H26N2O2S/c1-12(2)3-7-16-8-4-13(5-9-16)15-14-6-10-19(17,18)11-14/h3,13-15H,4-11H2,1-2H3. The van der Waals surface area contributed by atoms with E-state index in [1.165, 1.54) is 5.57 Å². The Kier molecular flexibility index (Phi) is 5.03. The highest BCUT2D eigenvalue weighted by molar-refractivity contribution is 7.91. The lowest BCUT2D eigenvalue weighted by molar-refractivity contribution is 0.208. The van der Waals surface area contributed by atoms with Crippen LogP contribution >= 0.6 is 0 Å².